The van der Waals surface area contributed by atoms with E-state index in [1.54, 1.807) is 37.7 Å². The zero-order chi connectivity index (χ0) is 20.7. The molecule has 0 atom stereocenters. The van der Waals surface area contributed by atoms with Gasteiger partial charge in [-0.05, 0) is 20.2 Å². The standard InChI is InChI=1S/C19H27Cl2N2O4P/c1-22(11-9-20)28(24,23(2)12-10-21)27-14-15-13-18(25-3)16-7-5-6-8-17(16)19(15)26-4/h5-8,13H,9-12,14H2,1-4H3. The second-order valence-electron chi connectivity index (χ2n) is 6.22. The van der Waals surface area contributed by atoms with E-state index in [1.165, 1.54) is 0 Å². The minimum atomic E-state index is -3.31. The first-order chi connectivity index (χ1) is 13.4. The molecule has 0 heterocycles. The predicted molar refractivity (Wildman–Crippen MR) is 116 cm³/mol. The summed E-state index contributed by atoms with van der Waals surface area (Å²) in [5.74, 6) is 2.05. The van der Waals surface area contributed by atoms with Gasteiger partial charge in [0.15, 0.2) is 0 Å². The van der Waals surface area contributed by atoms with Crippen LogP contribution in [0.5, 0.6) is 11.5 Å². The quantitative estimate of drug-likeness (QED) is 0.362. The highest BCUT2D eigenvalue weighted by atomic mass is 35.5. The van der Waals surface area contributed by atoms with E-state index in [0.29, 0.717) is 36.3 Å². The fourth-order valence-electron chi connectivity index (χ4n) is 3.00. The maximum atomic E-state index is 13.6. The minimum Gasteiger partial charge on any atom is -0.496 e. The number of halogens is 2. The van der Waals surface area contributed by atoms with Crippen LogP contribution in [0, 0.1) is 0 Å². The lowest BCUT2D eigenvalue weighted by Gasteiger charge is -2.33. The van der Waals surface area contributed by atoms with Gasteiger partial charge in [0.05, 0.1) is 20.8 Å². The summed E-state index contributed by atoms with van der Waals surface area (Å²) in [6.07, 6.45) is 0. The van der Waals surface area contributed by atoms with Crippen molar-refractivity contribution in [3.8, 4) is 11.5 Å². The van der Waals surface area contributed by atoms with Gasteiger partial charge in [0.2, 0.25) is 0 Å². The molecule has 2 aromatic rings. The van der Waals surface area contributed by atoms with Crippen molar-refractivity contribution in [2.24, 2.45) is 0 Å². The van der Waals surface area contributed by atoms with E-state index in [0.717, 1.165) is 16.3 Å². The number of fused-ring (bicyclic) bond motifs is 1. The number of alkyl halides is 2. The van der Waals surface area contributed by atoms with E-state index in [2.05, 4.69) is 0 Å². The first-order valence-electron chi connectivity index (χ1n) is 8.85. The SMILES string of the molecule is COc1cc(COP(=O)(N(C)CCCl)N(C)CCCl)c(OC)c2ccccc12. The van der Waals surface area contributed by atoms with Crippen molar-refractivity contribution in [2.45, 2.75) is 6.61 Å². The number of hydrogen-bond donors (Lipinski definition) is 0. The van der Waals surface area contributed by atoms with Gasteiger partial charge in [-0.3, -0.25) is 4.57 Å². The molecule has 6 nitrogen and oxygen atoms in total. The Morgan fingerprint density at radius 3 is 2.04 bits per heavy atom. The van der Waals surface area contributed by atoms with Crippen LogP contribution in [0.25, 0.3) is 10.8 Å². The lowest BCUT2D eigenvalue weighted by atomic mass is 10.0. The van der Waals surface area contributed by atoms with Crippen molar-refractivity contribution in [1.29, 1.82) is 0 Å². The summed E-state index contributed by atoms with van der Waals surface area (Å²) in [6.45, 7) is 0.925. The van der Waals surface area contributed by atoms with Crippen molar-refractivity contribution in [1.82, 2.24) is 9.34 Å². The number of ether oxygens (including phenoxy) is 2. The van der Waals surface area contributed by atoms with Gasteiger partial charge in [-0.2, -0.15) is 0 Å². The van der Waals surface area contributed by atoms with E-state index in [9.17, 15) is 4.57 Å². The third-order valence-corrected chi connectivity index (χ3v) is 7.45. The molecule has 0 radical (unpaired) electrons. The number of methoxy groups -OCH3 is 2. The molecule has 0 aliphatic rings. The first-order valence-corrected chi connectivity index (χ1v) is 11.4. The molecule has 0 unspecified atom stereocenters. The van der Waals surface area contributed by atoms with Crippen LogP contribution in [0.4, 0.5) is 0 Å². The molecule has 0 bridgehead atoms. The summed E-state index contributed by atoms with van der Waals surface area (Å²) in [6, 6.07) is 9.65. The van der Waals surface area contributed by atoms with Gasteiger partial charge in [-0.25, -0.2) is 9.34 Å². The molecule has 2 aromatic carbocycles. The molecule has 0 spiro atoms. The third-order valence-electron chi connectivity index (χ3n) is 4.53. The van der Waals surface area contributed by atoms with Gasteiger partial charge in [-0.15, -0.1) is 23.2 Å². The highest BCUT2D eigenvalue weighted by molar-refractivity contribution is 7.53. The summed E-state index contributed by atoms with van der Waals surface area (Å²) in [4.78, 5) is 0. The van der Waals surface area contributed by atoms with Crippen molar-refractivity contribution in [3.63, 3.8) is 0 Å². The molecular weight excluding hydrogens is 422 g/mol. The Hall–Kier alpha value is -1.01. The lowest BCUT2D eigenvalue weighted by molar-refractivity contribution is 0.220. The molecule has 0 aliphatic heterocycles. The normalized spacial score (nSPS) is 12.1. The Kier molecular flexibility index (Phi) is 8.87. The van der Waals surface area contributed by atoms with E-state index >= 15 is 0 Å². The third kappa shape index (κ3) is 4.93. The van der Waals surface area contributed by atoms with Crippen LogP contribution in [0.15, 0.2) is 30.3 Å². The lowest BCUT2D eigenvalue weighted by Crippen LogP contribution is -2.30. The molecule has 2 rings (SSSR count). The second-order valence-corrected chi connectivity index (χ2v) is 9.58. The first kappa shape index (κ1) is 23.3. The Bertz CT molecular complexity index is 821. The van der Waals surface area contributed by atoms with Gasteiger partial charge in [0, 0.05) is 41.2 Å². The molecule has 0 saturated carbocycles. The van der Waals surface area contributed by atoms with E-state index in [-0.39, 0.29) is 6.61 Å². The van der Waals surface area contributed by atoms with Gasteiger partial charge in [-0.1, -0.05) is 24.3 Å². The van der Waals surface area contributed by atoms with E-state index < -0.39 is 7.67 Å². The van der Waals surface area contributed by atoms with Crippen molar-refractivity contribution < 1.29 is 18.6 Å². The van der Waals surface area contributed by atoms with Crippen molar-refractivity contribution in [2.75, 3.05) is 53.2 Å². The summed E-state index contributed by atoms with van der Waals surface area (Å²) < 4.78 is 34.1. The molecule has 0 amide bonds. The summed E-state index contributed by atoms with van der Waals surface area (Å²) >= 11 is 11.7. The van der Waals surface area contributed by atoms with E-state index in [1.807, 2.05) is 30.3 Å². The number of hydrogen-bond acceptors (Lipinski definition) is 4. The van der Waals surface area contributed by atoms with Gasteiger partial charge in [0.1, 0.15) is 11.5 Å². The van der Waals surface area contributed by atoms with Crippen LogP contribution in [0.1, 0.15) is 5.56 Å². The maximum absolute atomic E-state index is 13.6. The zero-order valence-electron chi connectivity index (χ0n) is 16.7. The summed E-state index contributed by atoms with van der Waals surface area (Å²) in [5, 5.41) is 1.84. The van der Waals surface area contributed by atoms with E-state index in [4.69, 9.17) is 37.2 Å². The molecule has 0 saturated heterocycles. The molecule has 156 valence electrons. The molecule has 0 fully saturated rings. The average Bonchev–Trinajstić information content (AvgIpc) is 2.71. The molecule has 0 aromatic heterocycles. The molecule has 0 N–H and O–H groups in total. The smallest absolute Gasteiger partial charge is 0.345 e. The zero-order valence-corrected chi connectivity index (χ0v) is 19.1. The fraction of sp³-hybridized carbons (Fsp3) is 0.474. The average molecular weight is 449 g/mol. The van der Waals surface area contributed by atoms with Gasteiger partial charge in [0.25, 0.3) is 0 Å². The van der Waals surface area contributed by atoms with Crippen LogP contribution in [-0.4, -0.2) is 62.5 Å². The molecular formula is C19H27Cl2N2O4P. The fourth-order valence-corrected chi connectivity index (χ4v) is 5.67. The Morgan fingerprint density at radius 1 is 0.964 bits per heavy atom. The van der Waals surface area contributed by atoms with Crippen LogP contribution >= 0.6 is 30.9 Å². The van der Waals surface area contributed by atoms with Gasteiger partial charge >= 0.3 is 7.67 Å². The maximum Gasteiger partial charge on any atom is 0.345 e. The van der Waals surface area contributed by atoms with Crippen LogP contribution < -0.4 is 9.47 Å². The molecule has 28 heavy (non-hydrogen) atoms. The van der Waals surface area contributed by atoms with Crippen LogP contribution in [-0.2, 0) is 15.7 Å². The van der Waals surface area contributed by atoms with Crippen molar-refractivity contribution >= 4 is 41.6 Å². The number of nitrogens with zero attached hydrogens (tertiary/aromatic N) is 2. The largest absolute Gasteiger partial charge is 0.496 e. The highest BCUT2D eigenvalue weighted by Crippen LogP contribution is 2.53. The molecule has 9 heteroatoms. The molecule has 0 aliphatic carbocycles. The van der Waals surface area contributed by atoms with Gasteiger partial charge < -0.3 is 14.0 Å². The van der Waals surface area contributed by atoms with Crippen LogP contribution in [0.2, 0.25) is 0 Å². The summed E-state index contributed by atoms with van der Waals surface area (Å²) in [5.41, 5.74) is 0.747. The number of rotatable bonds is 11. The van der Waals surface area contributed by atoms with Crippen LogP contribution in [0.3, 0.4) is 0 Å². The minimum absolute atomic E-state index is 0.0842. The topological polar surface area (TPSA) is 51.2 Å². The number of benzene rings is 2. The Morgan fingerprint density at radius 2 is 1.54 bits per heavy atom. The second kappa shape index (κ2) is 10.7. The Labute approximate surface area is 176 Å². The monoisotopic (exact) mass is 448 g/mol. The highest BCUT2D eigenvalue weighted by Gasteiger charge is 2.34. The Balaban J connectivity index is 2.42. The summed E-state index contributed by atoms with van der Waals surface area (Å²) in [7, 11) is 3.37. The van der Waals surface area contributed by atoms with Crippen molar-refractivity contribution in [3.05, 3.63) is 35.9 Å². The predicted octanol–water partition coefficient (Wildman–Crippen LogP) is 4.82.